The maximum atomic E-state index is 6.28. The molecule has 3 heterocycles. The number of thiophene rings is 1. The van der Waals surface area contributed by atoms with Crippen molar-refractivity contribution < 1.29 is 0 Å². The van der Waals surface area contributed by atoms with Gasteiger partial charge in [-0.1, -0.05) is 41.4 Å². The van der Waals surface area contributed by atoms with E-state index in [0.717, 1.165) is 23.8 Å². The first-order chi connectivity index (χ1) is 11.1. The molecule has 0 atom stereocenters. The first kappa shape index (κ1) is 15.0. The molecule has 4 heteroatoms. The van der Waals surface area contributed by atoms with Crippen LogP contribution in [-0.4, -0.2) is 23.1 Å². The van der Waals surface area contributed by atoms with Gasteiger partial charge in [0.25, 0.3) is 0 Å². The highest BCUT2D eigenvalue weighted by molar-refractivity contribution is 7.22. The van der Waals surface area contributed by atoms with Crippen molar-refractivity contribution in [3.63, 3.8) is 0 Å². The van der Waals surface area contributed by atoms with Crippen LogP contribution in [0.1, 0.15) is 22.4 Å². The molecule has 0 spiro atoms. The van der Waals surface area contributed by atoms with Crippen molar-refractivity contribution in [1.29, 1.82) is 0 Å². The van der Waals surface area contributed by atoms with Crippen LogP contribution in [0.2, 0.25) is 4.34 Å². The Kier molecular flexibility index (Phi) is 3.80. The molecule has 0 amide bonds. The fraction of sp³-hybridized carbons (Fsp3) is 0.263. The van der Waals surface area contributed by atoms with Crippen molar-refractivity contribution in [2.45, 2.75) is 19.9 Å². The first-order valence-electron chi connectivity index (χ1n) is 7.86. The number of aromatic nitrogens is 1. The molecule has 0 N–H and O–H groups in total. The highest BCUT2D eigenvalue weighted by Gasteiger charge is 2.23. The van der Waals surface area contributed by atoms with E-state index in [1.807, 2.05) is 0 Å². The molecule has 0 bridgehead atoms. The van der Waals surface area contributed by atoms with Crippen molar-refractivity contribution >= 4 is 45.4 Å². The fourth-order valence-corrected chi connectivity index (χ4v) is 4.61. The highest BCUT2D eigenvalue weighted by atomic mass is 35.5. The number of halogens is 1. The summed E-state index contributed by atoms with van der Waals surface area (Å²) >= 11 is 7.95. The lowest BCUT2D eigenvalue weighted by Crippen LogP contribution is -2.26. The molecule has 1 aliphatic rings. The van der Waals surface area contributed by atoms with Crippen LogP contribution in [0.5, 0.6) is 0 Å². The molecule has 1 aliphatic heterocycles. The normalized spacial score (nSPS) is 15.6. The predicted molar refractivity (Wildman–Crippen MR) is 101 cm³/mol. The zero-order valence-electron chi connectivity index (χ0n) is 13.3. The minimum absolute atomic E-state index is 0.865. The third kappa shape index (κ3) is 2.74. The van der Waals surface area contributed by atoms with E-state index in [1.54, 1.807) is 11.3 Å². The molecule has 118 valence electrons. The van der Waals surface area contributed by atoms with Gasteiger partial charge < -0.3 is 9.47 Å². The number of benzene rings is 1. The Bertz CT molecular complexity index is 904. The van der Waals surface area contributed by atoms with E-state index in [1.165, 1.54) is 32.6 Å². The average Bonchev–Trinajstić information content (AvgIpc) is 3.01. The standard InChI is InChI=1S/C19H19ClN2S/c1-13-4-3-5-14(10-13)6-9-22-17-7-8-21(2)12-16(17)15-11-18(20)23-19(15)22/h3-6,9-11H,7-8,12H2,1-2H3. The summed E-state index contributed by atoms with van der Waals surface area (Å²) in [5, 5.41) is 1.32. The van der Waals surface area contributed by atoms with Crippen molar-refractivity contribution in [2.75, 3.05) is 13.6 Å². The minimum Gasteiger partial charge on any atom is -0.312 e. The molecule has 2 nitrogen and oxygen atoms in total. The number of aryl methyl sites for hydroxylation is 1. The van der Waals surface area contributed by atoms with Crippen LogP contribution in [0.4, 0.5) is 0 Å². The molecule has 0 saturated heterocycles. The summed E-state index contributed by atoms with van der Waals surface area (Å²) in [6.07, 6.45) is 5.48. The summed E-state index contributed by atoms with van der Waals surface area (Å²) in [6.45, 7) is 4.24. The van der Waals surface area contributed by atoms with Crippen LogP contribution in [0.15, 0.2) is 30.3 Å². The Hall–Kier alpha value is -1.55. The van der Waals surface area contributed by atoms with Crippen LogP contribution in [-0.2, 0) is 13.0 Å². The van der Waals surface area contributed by atoms with Gasteiger partial charge in [0.1, 0.15) is 4.83 Å². The first-order valence-corrected chi connectivity index (χ1v) is 9.05. The zero-order chi connectivity index (χ0) is 16.0. The number of likely N-dealkylation sites (N-methyl/N-ethyl adjacent to an activating group) is 1. The quantitative estimate of drug-likeness (QED) is 0.615. The maximum absolute atomic E-state index is 6.28. The maximum Gasteiger partial charge on any atom is 0.108 e. The number of hydrogen-bond donors (Lipinski definition) is 0. The van der Waals surface area contributed by atoms with Gasteiger partial charge in [0, 0.05) is 36.8 Å². The Morgan fingerprint density at radius 2 is 2.13 bits per heavy atom. The molecule has 0 saturated carbocycles. The van der Waals surface area contributed by atoms with Gasteiger partial charge in [-0.05, 0) is 37.2 Å². The SMILES string of the molecule is Cc1cccc(C=Cn2c3c(c4cc(Cl)sc42)CN(C)CC3)c1. The van der Waals surface area contributed by atoms with Gasteiger partial charge >= 0.3 is 0 Å². The molecule has 3 aromatic rings. The van der Waals surface area contributed by atoms with Gasteiger partial charge in [-0.25, -0.2) is 0 Å². The lowest BCUT2D eigenvalue weighted by atomic mass is 10.1. The molecule has 0 fully saturated rings. The molecule has 0 aliphatic carbocycles. The second kappa shape index (κ2) is 5.82. The van der Waals surface area contributed by atoms with E-state index in [9.17, 15) is 0 Å². The average molecular weight is 343 g/mol. The number of fused-ring (bicyclic) bond motifs is 3. The number of rotatable bonds is 2. The third-order valence-corrected chi connectivity index (χ3v) is 5.75. The molecule has 2 aromatic heterocycles. The summed E-state index contributed by atoms with van der Waals surface area (Å²) in [6, 6.07) is 10.7. The van der Waals surface area contributed by atoms with E-state index in [0.29, 0.717) is 0 Å². The summed E-state index contributed by atoms with van der Waals surface area (Å²) in [4.78, 5) is 3.64. The van der Waals surface area contributed by atoms with E-state index >= 15 is 0 Å². The Morgan fingerprint density at radius 3 is 2.96 bits per heavy atom. The van der Waals surface area contributed by atoms with Crippen molar-refractivity contribution in [1.82, 2.24) is 9.47 Å². The van der Waals surface area contributed by atoms with E-state index in [-0.39, 0.29) is 0 Å². The second-order valence-corrected chi connectivity index (χ2v) is 7.94. The molecule has 0 radical (unpaired) electrons. The van der Waals surface area contributed by atoms with Gasteiger partial charge in [0.2, 0.25) is 0 Å². The van der Waals surface area contributed by atoms with E-state index in [2.05, 4.69) is 66.0 Å². The topological polar surface area (TPSA) is 8.17 Å². The number of hydrogen-bond acceptors (Lipinski definition) is 2. The lowest BCUT2D eigenvalue weighted by molar-refractivity contribution is 0.312. The summed E-state index contributed by atoms with van der Waals surface area (Å²) in [7, 11) is 2.18. The van der Waals surface area contributed by atoms with Gasteiger partial charge in [0.05, 0.1) is 4.34 Å². The lowest BCUT2D eigenvalue weighted by Gasteiger charge is -2.23. The number of nitrogens with zero attached hydrogens (tertiary/aromatic N) is 2. The van der Waals surface area contributed by atoms with Crippen LogP contribution < -0.4 is 0 Å². The largest absolute Gasteiger partial charge is 0.312 e. The Labute approximate surface area is 145 Å². The van der Waals surface area contributed by atoms with Crippen LogP contribution in [0.3, 0.4) is 0 Å². The Morgan fingerprint density at radius 1 is 1.26 bits per heavy atom. The molecule has 23 heavy (non-hydrogen) atoms. The second-order valence-electron chi connectivity index (χ2n) is 6.28. The van der Waals surface area contributed by atoms with Gasteiger partial charge in [-0.3, -0.25) is 0 Å². The van der Waals surface area contributed by atoms with Gasteiger partial charge in [0.15, 0.2) is 0 Å². The van der Waals surface area contributed by atoms with Crippen molar-refractivity contribution in [3.8, 4) is 0 Å². The predicted octanol–water partition coefficient (Wildman–Crippen LogP) is 5.28. The summed E-state index contributed by atoms with van der Waals surface area (Å²) < 4.78 is 3.21. The highest BCUT2D eigenvalue weighted by Crippen LogP contribution is 2.38. The van der Waals surface area contributed by atoms with Gasteiger partial charge in [-0.2, -0.15) is 0 Å². The van der Waals surface area contributed by atoms with Crippen molar-refractivity contribution in [2.24, 2.45) is 0 Å². The van der Waals surface area contributed by atoms with E-state index < -0.39 is 0 Å². The monoisotopic (exact) mass is 342 g/mol. The zero-order valence-corrected chi connectivity index (χ0v) is 14.9. The van der Waals surface area contributed by atoms with Crippen molar-refractivity contribution in [3.05, 3.63) is 57.1 Å². The van der Waals surface area contributed by atoms with Crippen LogP contribution in [0, 0.1) is 6.92 Å². The minimum atomic E-state index is 0.865. The molecular formula is C19H19ClN2S. The molecular weight excluding hydrogens is 324 g/mol. The Balaban J connectivity index is 1.83. The van der Waals surface area contributed by atoms with Gasteiger partial charge in [-0.15, -0.1) is 11.3 Å². The molecule has 4 rings (SSSR count). The fourth-order valence-electron chi connectivity index (χ4n) is 3.36. The summed E-state index contributed by atoms with van der Waals surface area (Å²) in [5.41, 5.74) is 5.39. The molecule has 1 aromatic carbocycles. The van der Waals surface area contributed by atoms with Crippen LogP contribution >= 0.6 is 22.9 Å². The van der Waals surface area contributed by atoms with Crippen LogP contribution in [0.25, 0.3) is 22.5 Å². The molecule has 0 unspecified atom stereocenters. The third-order valence-electron chi connectivity index (χ3n) is 4.48. The van der Waals surface area contributed by atoms with E-state index in [4.69, 9.17) is 11.6 Å². The smallest absolute Gasteiger partial charge is 0.108 e. The summed E-state index contributed by atoms with van der Waals surface area (Å²) in [5.74, 6) is 0.